The molecule has 1 unspecified atom stereocenters. The fraction of sp³-hybridized carbons (Fsp3) is 0.417. The minimum Gasteiger partial charge on any atom is -0.504 e. The van der Waals surface area contributed by atoms with Crippen LogP contribution in [0.25, 0.3) is 0 Å². The summed E-state index contributed by atoms with van der Waals surface area (Å²) < 4.78 is 4.72. The Labute approximate surface area is 112 Å². The second kappa shape index (κ2) is 6.47. The molecule has 0 saturated carbocycles. The molecule has 0 aliphatic heterocycles. The van der Waals surface area contributed by atoms with Crippen LogP contribution in [0.1, 0.15) is 12.5 Å². The van der Waals surface area contributed by atoms with Crippen LogP contribution in [-0.4, -0.2) is 35.9 Å². The molecule has 3 N–H and O–H groups in total. The SMILES string of the molecule is CNC(C)(Cc1ccc(O)c(O)c1)C(=O)OC.Cl. The Hall–Kier alpha value is -1.46. The molecule has 5 nitrogen and oxygen atoms in total. The highest BCUT2D eigenvalue weighted by molar-refractivity contribution is 5.85. The van der Waals surface area contributed by atoms with Crippen LogP contribution in [0.4, 0.5) is 0 Å². The first-order chi connectivity index (χ1) is 7.92. The molecule has 0 aromatic heterocycles. The zero-order valence-electron chi connectivity index (χ0n) is 10.6. The highest BCUT2D eigenvalue weighted by atomic mass is 35.5. The lowest BCUT2D eigenvalue weighted by atomic mass is 9.93. The van der Waals surface area contributed by atoms with Gasteiger partial charge in [-0.1, -0.05) is 6.07 Å². The fourth-order valence-corrected chi connectivity index (χ4v) is 1.58. The van der Waals surface area contributed by atoms with Crippen LogP contribution in [0.3, 0.4) is 0 Å². The van der Waals surface area contributed by atoms with Gasteiger partial charge in [-0.15, -0.1) is 12.4 Å². The maximum Gasteiger partial charge on any atom is 0.326 e. The molecule has 1 aromatic rings. The number of halogens is 1. The van der Waals surface area contributed by atoms with Gasteiger partial charge in [-0.05, 0) is 31.7 Å². The van der Waals surface area contributed by atoms with E-state index in [1.807, 2.05) is 0 Å². The van der Waals surface area contributed by atoms with Gasteiger partial charge in [-0.25, -0.2) is 0 Å². The largest absolute Gasteiger partial charge is 0.504 e. The molecule has 0 radical (unpaired) electrons. The van der Waals surface area contributed by atoms with Crippen molar-refractivity contribution in [1.29, 1.82) is 0 Å². The number of rotatable bonds is 4. The Morgan fingerprint density at radius 1 is 1.39 bits per heavy atom. The molecule has 6 heteroatoms. The minimum atomic E-state index is -0.863. The maximum absolute atomic E-state index is 11.6. The van der Waals surface area contributed by atoms with Crippen LogP contribution in [-0.2, 0) is 16.0 Å². The van der Waals surface area contributed by atoms with Gasteiger partial charge in [0, 0.05) is 6.42 Å². The van der Waals surface area contributed by atoms with Crippen molar-refractivity contribution in [2.75, 3.05) is 14.2 Å². The first-order valence-corrected chi connectivity index (χ1v) is 5.21. The molecule has 0 heterocycles. The normalized spacial score (nSPS) is 13.3. The van der Waals surface area contributed by atoms with Gasteiger partial charge in [-0.2, -0.15) is 0 Å². The Morgan fingerprint density at radius 3 is 2.44 bits per heavy atom. The van der Waals surface area contributed by atoms with Crippen LogP contribution in [0.2, 0.25) is 0 Å². The summed E-state index contributed by atoms with van der Waals surface area (Å²) in [7, 11) is 2.99. The second-order valence-electron chi connectivity index (χ2n) is 4.07. The first-order valence-electron chi connectivity index (χ1n) is 5.21. The van der Waals surface area contributed by atoms with E-state index < -0.39 is 5.54 Å². The molecule has 1 atom stereocenters. The van der Waals surface area contributed by atoms with E-state index >= 15 is 0 Å². The summed E-state index contributed by atoms with van der Waals surface area (Å²) in [6.07, 6.45) is 0.351. The van der Waals surface area contributed by atoms with E-state index in [4.69, 9.17) is 4.74 Å². The number of aromatic hydroxyl groups is 2. The number of nitrogens with one attached hydrogen (secondary N) is 1. The van der Waals surface area contributed by atoms with Crippen molar-refractivity contribution in [3.8, 4) is 11.5 Å². The number of carbonyl (C=O) groups excluding carboxylic acids is 1. The number of carbonyl (C=O) groups is 1. The van der Waals surface area contributed by atoms with Crippen LogP contribution < -0.4 is 5.32 Å². The van der Waals surface area contributed by atoms with Gasteiger partial charge < -0.3 is 20.3 Å². The number of hydrogen-bond donors (Lipinski definition) is 3. The van der Waals surface area contributed by atoms with Crippen molar-refractivity contribution in [1.82, 2.24) is 5.32 Å². The summed E-state index contributed by atoms with van der Waals surface area (Å²) in [4.78, 5) is 11.6. The molecule has 18 heavy (non-hydrogen) atoms. The zero-order valence-corrected chi connectivity index (χ0v) is 11.4. The summed E-state index contributed by atoms with van der Waals surface area (Å²) in [6.45, 7) is 1.71. The fourth-order valence-electron chi connectivity index (χ4n) is 1.58. The number of phenolic OH excluding ortho intramolecular Hbond substituents is 2. The quantitative estimate of drug-likeness (QED) is 0.569. The highest BCUT2D eigenvalue weighted by Crippen LogP contribution is 2.26. The molecule has 0 bridgehead atoms. The van der Waals surface area contributed by atoms with Crippen molar-refractivity contribution in [3.05, 3.63) is 23.8 Å². The van der Waals surface area contributed by atoms with E-state index in [0.717, 1.165) is 5.56 Å². The first kappa shape index (κ1) is 16.5. The van der Waals surface area contributed by atoms with Gasteiger partial charge in [0.1, 0.15) is 5.54 Å². The van der Waals surface area contributed by atoms with Crippen molar-refractivity contribution < 1.29 is 19.7 Å². The number of benzene rings is 1. The van der Waals surface area contributed by atoms with Gasteiger partial charge >= 0.3 is 5.97 Å². The molecule has 0 aliphatic rings. The van der Waals surface area contributed by atoms with Crippen LogP contribution in [0, 0.1) is 0 Å². The lowest BCUT2D eigenvalue weighted by molar-refractivity contribution is -0.147. The average Bonchev–Trinajstić information content (AvgIpc) is 2.32. The third-order valence-electron chi connectivity index (χ3n) is 2.79. The standard InChI is InChI=1S/C12H17NO4.ClH/c1-12(13-2,11(16)17-3)7-8-4-5-9(14)10(15)6-8;/h4-6,13-15H,7H2,1-3H3;1H. The summed E-state index contributed by atoms with van der Waals surface area (Å²) >= 11 is 0. The van der Waals surface area contributed by atoms with Gasteiger partial charge in [0.2, 0.25) is 0 Å². The van der Waals surface area contributed by atoms with E-state index in [1.165, 1.54) is 19.2 Å². The van der Waals surface area contributed by atoms with Gasteiger partial charge in [0.05, 0.1) is 7.11 Å². The minimum absolute atomic E-state index is 0. The smallest absolute Gasteiger partial charge is 0.326 e. The monoisotopic (exact) mass is 275 g/mol. The summed E-state index contributed by atoms with van der Waals surface area (Å²) in [5.74, 6) is -0.767. The number of likely N-dealkylation sites (N-methyl/N-ethyl adjacent to an activating group) is 1. The molecular formula is C12H18ClNO4. The Morgan fingerprint density at radius 2 is 2.00 bits per heavy atom. The third-order valence-corrected chi connectivity index (χ3v) is 2.79. The molecule has 0 aliphatic carbocycles. The van der Waals surface area contributed by atoms with Crippen molar-refractivity contribution in [2.45, 2.75) is 18.9 Å². The number of hydrogen-bond acceptors (Lipinski definition) is 5. The van der Waals surface area contributed by atoms with Crippen LogP contribution in [0.15, 0.2) is 18.2 Å². The topological polar surface area (TPSA) is 78.8 Å². The number of methoxy groups -OCH3 is 1. The van der Waals surface area contributed by atoms with Crippen molar-refractivity contribution in [3.63, 3.8) is 0 Å². The molecule has 102 valence electrons. The molecular weight excluding hydrogens is 258 g/mol. The Kier molecular flexibility index (Phi) is 5.94. The lowest BCUT2D eigenvalue weighted by Gasteiger charge is -2.26. The molecule has 0 spiro atoms. The molecule has 0 amide bonds. The maximum atomic E-state index is 11.6. The molecule has 1 rings (SSSR count). The number of ether oxygens (including phenoxy) is 1. The number of esters is 1. The Bertz CT molecular complexity index is 425. The second-order valence-corrected chi connectivity index (χ2v) is 4.07. The zero-order chi connectivity index (χ0) is 13.1. The van der Waals surface area contributed by atoms with Gasteiger partial charge in [-0.3, -0.25) is 4.79 Å². The van der Waals surface area contributed by atoms with Crippen LogP contribution >= 0.6 is 12.4 Å². The number of phenols is 2. The predicted octanol–water partition coefficient (Wildman–Crippen LogP) is 1.21. The van der Waals surface area contributed by atoms with E-state index in [9.17, 15) is 15.0 Å². The Balaban J connectivity index is 0.00000289. The van der Waals surface area contributed by atoms with Crippen molar-refractivity contribution >= 4 is 18.4 Å². The van der Waals surface area contributed by atoms with E-state index in [1.54, 1.807) is 20.0 Å². The lowest BCUT2D eigenvalue weighted by Crippen LogP contribution is -2.50. The van der Waals surface area contributed by atoms with E-state index in [0.29, 0.717) is 6.42 Å². The average molecular weight is 276 g/mol. The third kappa shape index (κ3) is 3.51. The summed E-state index contributed by atoms with van der Waals surface area (Å²) in [5.41, 5.74) is -0.138. The molecule has 0 saturated heterocycles. The highest BCUT2D eigenvalue weighted by Gasteiger charge is 2.32. The summed E-state index contributed by atoms with van der Waals surface area (Å²) in [6, 6.07) is 4.46. The predicted molar refractivity (Wildman–Crippen MR) is 70.2 cm³/mol. The van der Waals surface area contributed by atoms with Gasteiger partial charge in [0.15, 0.2) is 11.5 Å². The summed E-state index contributed by atoms with van der Waals surface area (Å²) in [5, 5.41) is 21.5. The molecule has 0 fully saturated rings. The van der Waals surface area contributed by atoms with Crippen molar-refractivity contribution in [2.24, 2.45) is 0 Å². The van der Waals surface area contributed by atoms with Crippen LogP contribution in [0.5, 0.6) is 11.5 Å². The van der Waals surface area contributed by atoms with E-state index in [2.05, 4.69) is 5.32 Å². The molecule has 1 aromatic carbocycles. The van der Waals surface area contributed by atoms with E-state index in [-0.39, 0.29) is 29.9 Å². The van der Waals surface area contributed by atoms with Gasteiger partial charge in [0.25, 0.3) is 0 Å².